The van der Waals surface area contributed by atoms with Gasteiger partial charge in [-0.2, -0.15) is 0 Å². The minimum atomic E-state index is -0.112. The molecule has 90 valence electrons. The number of amides is 1. The van der Waals surface area contributed by atoms with Gasteiger partial charge >= 0.3 is 0 Å². The highest BCUT2D eigenvalue weighted by molar-refractivity contribution is 7.13. The second-order valence-corrected chi connectivity index (χ2v) is 4.54. The lowest BCUT2D eigenvalue weighted by Crippen LogP contribution is -2.41. The summed E-state index contributed by atoms with van der Waals surface area (Å²) in [7, 11) is 0. The number of anilines is 1. The molecule has 1 rings (SSSR count). The molecule has 0 aliphatic carbocycles. The number of carbonyl (C=O) groups excluding carboxylic acids is 1. The summed E-state index contributed by atoms with van der Waals surface area (Å²) in [4.78, 5) is 18.2. The van der Waals surface area contributed by atoms with Crippen molar-refractivity contribution in [3.63, 3.8) is 0 Å². The highest BCUT2D eigenvalue weighted by atomic mass is 32.1. The van der Waals surface area contributed by atoms with Crippen molar-refractivity contribution < 1.29 is 4.79 Å². The van der Waals surface area contributed by atoms with Gasteiger partial charge in [0.2, 0.25) is 5.91 Å². The Morgan fingerprint density at radius 2 is 2.19 bits per heavy atom. The highest BCUT2D eigenvalue weighted by Crippen LogP contribution is 2.15. The summed E-state index contributed by atoms with van der Waals surface area (Å²) in [5.74, 6) is 0.0121. The molecular weight excluding hydrogens is 222 g/mol. The zero-order valence-electron chi connectivity index (χ0n) is 10.3. The highest BCUT2D eigenvalue weighted by Gasteiger charge is 2.19. The van der Waals surface area contributed by atoms with E-state index in [2.05, 4.69) is 29.0 Å². The number of aryl methyl sites for hydroxylation is 1. The van der Waals surface area contributed by atoms with Gasteiger partial charge in [0.1, 0.15) is 0 Å². The Kier molecular flexibility index (Phi) is 4.89. The number of aromatic nitrogens is 1. The monoisotopic (exact) mass is 241 g/mol. The molecule has 1 unspecified atom stereocenters. The van der Waals surface area contributed by atoms with Crippen LogP contribution in [0.1, 0.15) is 26.5 Å². The van der Waals surface area contributed by atoms with Gasteiger partial charge in [0.25, 0.3) is 0 Å². The fraction of sp³-hybridized carbons (Fsp3) is 0.636. The molecular formula is C11H19N3OS. The topological polar surface area (TPSA) is 45.2 Å². The number of hydrogen-bond donors (Lipinski definition) is 1. The van der Waals surface area contributed by atoms with E-state index in [0.29, 0.717) is 5.13 Å². The van der Waals surface area contributed by atoms with Crippen LogP contribution in [0.5, 0.6) is 0 Å². The minimum Gasteiger partial charge on any atom is -0.301 e. The largest absolute Gasteiger partial charge is 0.301 e. The summed E-state index contributed by atoms with van der Waals surface area (Å²) in [6, 6.07) is -0.112. The van der Waals surface area contributed by atoms with Crippen molar-refractivity contribution >= 4 is 22.4 Å². The molecule has 16 heavy (non-hydrogen) atoms. The number of likely N-dealkylation sites (N-methyl/N-ethyl adjacent to an activating group) is 1. The van der Waals surface area contributed by atoms with Crippen LogP contribution in [0.3, 0.4) is 0 Å². The average molecular weight is 241 g/mol. The van der Waals surface area contributed by atoms with E-state index in [4.69, 9.17) is 0 Å². The Morgan fingerprint density at radius 1 is 1.56 bits per heavy atom. The van der Waals surface area contributed by atoms with Crippen molar-refractivity contribution in [1.29, 1.82) is 0 Å². The average Bonchev–Trinajstić information content (AvgIpc) is 2.65. The molecule has 1 aromatic rings. The van der Waals surface area contributed by atoms with Crippen molar-refractivity contribution in [2.24, 2.45) is 0 Å². The third-order valence-electron chi connectivity index (χ3n) is 2.59. The number of carbonyl (C=O) groups is 1. The SMILES string of the molecule is CCN(CC)C(C)C(=O)Nc1nc(C)cs1. The Bertz CT molecular complexity index is 347. The second kappa shape index (κ2) is 5.96. The van der Waals surface area contributed by atoms with Gasteiger partial charge in [-0.15, -0.1) is 11.3 Å². The van der Waals surface area contributed by atoms with Crippen LogP contribution >= 0.6 is 11.3 Å². The maximum Gasteiger partial charge on any atom is 0.243 e. The van der Waals surface area contributed by atoms with Crippen LogP contribution in [-0.4, -0.2) is 34.9 Å². The third kappa shape index (κ3) is 3.28. The summed E-state index contributed by atoms with van der Waals surface area (Å²) in [5.41, 5.74) is 0.941. The van der Waals surface area contributed by atoms with Gasteiger partial charge in [-0.25, -0.2) is 4.98 Å². The predicted octanol–water partition coefficient (Wildman–Crippen LogP) is 2.12. The quantitative estimate of drug-likeness (QED) is 0.859. The summed E-state index contributed by atoms with van der Waals surface area (Å²) < 4.78 is 0. The number of hydrogen-bond acceptors (Lipinski definition) is 4. The van der Waals surface area contributed by atoms with E-state index in [1.807, 2.05) is 19.2 Å². The van der Waals surface area contributed by atoms with Crippen LogP contribution in [0.25, 0.3) is 0 Å². The van der Waals surface area contributed by atoms with E-state index in [9.17, 15) is 4.79 Å². The normalized spacial score (nSPS) is 12.8. The standard InChI is InChI=1S/C11H19N3OS/c1-5-14(6-2)9(4)10(15)13-11-12-8(3)7-16-11/h7,9H,5-6H2,1-4H3,(H,12,13,15). The van der Waals surface area contributed by atoms with Crippen LogP contribution in [0.4, 0.5) is 5.13 Å². The lowest BCUT2D eigenvalue weighted by atomic mass is 10.2. The fourth-order valence-corrected chi connectivity index (χ4v) is 2.25. The van der Waals surface area contributed by atoms with E-state index >= 15 is 0 Å². The Hall–Kier alpha value is -0.940. The zero-order valence-corrected chi connectivity index (χ0v) is 11.1. The Labute approximate surface area is 101 Å². The van der Waals surface area contributed by atoms with Crippen molar-refractivity contribution in [2.75, 3.05) is 18.4 Å². The molecule has 1 atom stereocenters. The van der Waals surface area contributed by atoms with E-state index in [1.54, 1.807) is 0 Å². The van der Waals surface area contributed by atoms with Crippen LogP contribution in [0, 0.1) is 6.92 Å². The van der Waals surface area contributed by atoms with Crippen LogP contribution in [0.2, 0.25) is 0 Å². The van der Waals surface area contributed by atoms with E-state index in [-0.39, 0.29) is 11.9 Å². The molecule has 0 fully saturated rings. The van der Waals surface area contributed by atoms with Crippen LogP contribution in [0.15, 0.2) is 5.38 Å². The molecule has 0 bridgehead atoms. The van der Waals surface area contributed by atoms with Gasteiger partial charge in [0.15, 0.2) is 5.13 Å². The smallest absolute Gasteiger partial charge is 0.243 e. The number of nitrogens with zero attached hydrogens (tertiary/aromatic N) is 2. The first-order chi connectivity index (χ1) is 7.58. The maximum absolute atomic E-state index is 11.9. The summed E-state index contributed by atoms with van der Waals surface area (Å²) >= 11 is 1.46. The van der Waals surface area contributed by atoms with Crippen molar-refractivity contribution in [3.8, 4) is 0 Å². The fourth-order valence-electron chi connectivity index (χ4n) is 1.56. The molecule has 0 aliphatic heterocycles. The van der Waals surface area contributed by atoms with Gasteiger partial charge in [0, 0.05) is 5.38 Å². The second-order valence-electron chi connectivity index (χ2n) is 3.68. The van der Waals surface area contributed by atoms with Crippen molar-refractivity contribution in [2.45, 2.75) is 33.7 Å². The number of nitrogens with one attached hydrogen (secondary N) is 1. The van der Waals surface area contributed by atoms with Gasteiger partial charge in [-0.1, -0.05) is 13.8 Å². The molecule has 1 heterocycles. The first-order valence-corrected chi connectivity index (χ1v) is 6.43. The summed E-state index contributed by atoms with van der Waals surface area (Å²) in [6.45, 7) is 9.70. The van der Waals surface area contributed by atoms with E-state index in [0.717, 1.165) is 18.8 Å². The van der Waals surface area contributed by atoms with Gasteiger partial charge in [-0.3, -0.25) is 9.69 Å². The van der Waals surface area contributed by atoms with Crippen LogP contribution < -0.4 is 5.32 Å². The molecule has 0 radical (unpaired) electrons. The molecule has 1 amide bonds. The number of rotatable bonds is 5. The van der Waals surface area contributed by atoms with Crippen LogP contribution in [-0.2, 0) is 4.79 Å². The molecule has 4 nitrogen and oxygen atoms in total. The lowest BCUT2D eigenvalue weighted by molar-refractivity contribution is -0.120. The molecule has 0 aliphatic rings. The van der Waals surface area contributed by atoms with Gasteiger partial charge < -0.3 is 5.32 Å². The van der Waals surface area contributed by atoms with E-state index < -0.39 is 0 Å². The molecule has 0 saturated heterocycles. The maximum atomic E-state index is 11.9. The Morgan fingerprint density at radius 3 is 2.62 bits per heavy atom. The lowest BCUT2D eigenvalue weighted by Gasteiger charge is -2.24. The molecule has 0 spiro atoms. The molecule has 0 saturated carbocycles. The summed E-state index contributed by atoms with van der Waals surface area (Å²) in [6.07, 6.45) is 0. The zero-order chi connectivity index (χ0) is 12.1. The van der Waals surface area contributed by atoms with Crippen molar-refractivity contribution in [1.82, 2.24) is 9.88 Å². The molecule has 1 N–H and O–H groups in total. The molecule has 5 heteroatoms. The third-order valence-corrected chi connectivity index (χ3v) is 3.46. The summed E-state index contributed by atoms with van der Waals surface area (Å²) in [5, 5.41) is 5.45. The Balaban J connectivity index is 2.58. The number of thiazole rings is 1. The molecule has 1 aromatic heterocycles. The predicted molar refractivity (Wildman–Crippen MR) is 67.9 cm³/mol. The van der Waals surface area contributed by atoms with Gasteiger partial charge in [0.05, 0.1) is 11.7 Å². The molecule has 0 aromatic carbocycles. The van der Waals surface area contributed by atoms with E-state index in [1.165, 1.54) is 11.3 Å². The first-order valence-electron chi connectivity index (χ1n) is 5.55. The first kappa shape index (κ1) is 13.1. The minimum absolute atomic E-state index is 0.0121. The van der Waals surface area contributed by atoms with Crippen molar-refractivity contribution in [3.05, 3.63) is 11.1 Å². The van der Waals surface area contributed by atoms with Gasteiger partial charge in [-0.05, 0) is 26.9 Å².